The fraction of sp³-hybridized carbons (Fsp3) is 0.360. The SMILES string of the molecule is COc1ccccc1C(=O)N(C)CC(=O)O[C@@H]1CCCC[C@]1(C(N)=S)c1ccc2nccn2c1. The van der Waals surface area contributed by atoms with E-state index in [2.05, 4.69) is 4.98 Å². The molecule has 0 unspecified atom stereocenters. The van der Waals surface area contributed by atoms with Crippen LogP contribution in [-0.4, -0.2) is 58.0 Å². The molecule has 2 heterocycles. The van der Waals surface area contributed by atoms with Crippen LogP contribution < -0.4 is 10.5 Å². The third-order valence-corrected chi connectivity index (χ3v) is 6.87. The summed E-state index contributed by atoms with van der Waals surface area (Å²) in [6.07, 6.45) is 8.12. The molecule has 2 atom stereocenters. The molecule has 178 valence electrons. The molecule has 1 fully saturated rings. The van der Waals surface area contributed by atoms with Crippen LogP contribution in [0.5, 0.6) is 5.75 Å². The molecular formula is C25H28N4O4S. The minimum absolute atomic E-state index is 0.207. The van der Waals surface area contributed by atoms with E-state index in [1.54, 1.807) is 37.5 Å². The van der Waals surface area contributed by atoms with E-state index in [1.807, 2.05) is 28.9 Å². The molecule has 2 N–H and O–H groups in total. The van der Waals surface area contributed by atoms with Gasteiger partial charge in [-0.3, -0.25) is 9.59 Å². The molecule has 0 radical (unpaired) electrons. The number of fused-ring (bicyclic) bond motifs is 1. The second-order valence-electron chi connectivity index (χ2n) is 8.53. The number of imidazole rings is 1. The van der Waals surface area contributed by atoms with Gasteiger partial charge in [0.2, 0.25) is 0 Å². The topological polar surface area (TPSA) is 99.2 Å². The molecule has 0 bridgehead atoms. The predicted octanol–water partition coefficient (Wildman–Crippen LogP) is 3.12. The molecule has 0 spiro atoms. The van der Waals surface area contributed by atoms with Crippen molar-refractivity contribution in [1.29, 1.82) is 0 Å². The highest BCUT2D eigenvalue weighted by Gasteiger charge is 2.47. The maximum absolute atomic E-state index is 13.0. The Kier molecular flexibility index (Phi) is 6.83. The number of carbonyl (C=O) groups is 2. The molecule has 1 amide bonds. The first kappa shape index (κ1) is 23.7. The lowest BCUT2D eigenvalue weighted by Gasteiger charge is -2.43. The lowest BCUT2D eigenvalue weighted by atomic mass is 9.67. The number of methoxy groups -OCH3 is 1. The molecule has 8 nitrogen and oxygen atoms in total. The van der Waals surface area contributed by atoms with E-state index >= 15 is 0 Å². The molecule has 3 aromatic rings. The minimum Gasteiger partial charge on any atom is -0.496 e. The number of thiocarbonyl (C=S) groups is 1. The number of benzene rings is 1. The summed E-state index contributed by atoms with van der Waals surface area (Å²) < 4.78 is 13.2. The number of hydrogen-bond donors (Lipinski definition) is 1. The van der Waals surface area contributed by atoms with Crippen molar-refractivity contribution in [2.45, 2.75) is 37.2 Å². The van der Waals surface area contributed by atoms with Crippen LogP contribution in [0.4, 0.5) is 0 Å². The van der Waals surface area contributed by atoms with Gasteiger partial charge in [0.25, 0.3) is 5.91 Å². The number of ether oxygens (including phenoxy) is 2. The first-order chi connectivity index (χ1) is 16.4. The highest BCUT2D eigenvalue weighted by atomic mass is 32.1. The number of nitrogens with two attached hydrogens (primary N) is 1. The van der Waals surface area contributed by atoms with Gasteiger partial charge in [-0.1, -0.05) is 36.8 Å². The van der Waals surface area contributed by atoms with Crippen molar-refractivity contribution < 1.29 is 19.1 Å². The molecule has 1 aliphatic rings. The number of likely N-dealkylation sites (N-methyl/N-ethyl adjacent to an activating group) is 1. The van der Waals surface area contributed by atoms with Crippen molar-refractivity contribution >= 4 is 34.7 Å². The summed E-state index contributed by atoms with van der Waals surface area (Å²) in [6.45, 7) is -0.207. The van der Waals surface area contributed by atoms with Crippen LogP contribution in [0.3, 0.4) is 0 Å². The first-order valence-electron chi connectivity index (χ1n) is 11.2. The zero-order valence-corrected chi connectivity index (χ0v) is 20.1. The Balaban J connectivity index is 1.55. The molecular weight excluding hydrogens is 452 g/mol. The zero-order valence-electron chi connectivity index (χ0n) is 19.3. The van der Waals surface area contributed by atoms with Crippen LogP contribution >= 0.6 is 12.2 Å². The Morgan fingerprint density at radius 2 is 2.06 bits per heavy atom. The Bertz CT molecular complexity index is 1230. The highest BCUT2D eigenvalue weighted by molar-refractivity contribution is 7.80. The minimum atomic E-state index is -0.785. The molecule has 1 aromatic carbocycles. The van der Waals surface area contributed by atoms with Crippen LogP contribution in [-0.2, 0) is 14.9 Å². The van der Waals surface area contributed by atoms with Crippen molar-refractivity contribution in [2.75, 3.05) is 20.7 Å². The second kappa shape index (κ2) is 9.80. The fourth-order valence-electron chi connectivity index (χ4n) is 4.73. The third-order valence-electron chi connectivity index (χ3n) is 6.50. The standard InChI is InChI=1S/C25H28N4O4S/c1-28(23(31)18-7-3-4-8-19(18)32-2)16-22(30)33-20-9-5-6-12-25(20,24(26)34)17-10-11-21-27-13-14-29(21)15-17/h3-4,7-8,10-11,13-15,20H,5-6,9,12,16H2,1-2H3,(H2,26,34)/t20-,25+/m1/s1. The number of nitrogens with zero attached hydrogens (tertiary/aromatic N) is 3. The Morgan fingerprint density at radius 3 is 2.82 bits per heavy atom. The van der Waals surface area contributed by atoms with Gasteiger partial charge in [-0.25, -0.2) is 4.98 Å². The summed E-state index contributed by atoms with van der Waals surface area (Å²) in [4.78, 5) is 31.8. The average Bonchev–Trinajstić information content (AvgIpc) is 3.31. The number of amides is 1. The smallest absolute Gasteiger partial charge is 0.325 e. The average molecular weight is 481 g/mol. The molecule has 0 aliphatic heterocycles. The molecule has 1 saturated carbocycles. The Hall–Kier alpha value is -3.46. The fourth-order valence-corrected chi connectivity index (χ4v) is 5.08. The summed E-state index contributed by atoms with van der Waals surface area (Å²) in [5.74, 6) is -0.395. The number of rotatable bonds is 7. The Morgan fingerprint density at radius 1 is 1.26 bits per heavy atom. The van der Waals surface area contributed by atoms with Crippen molar-refractivity contribution in [1.82, 2.24) is 14.3 Å². The monoisotopic (exact) mass is 480 g/mol. The van der Waals surface area contributed by atoms with E-state index in [1.165, 1.54) is 12.0 Å². The van der Waals surface area contributed by atoms with Crippen molar-refractivity contribution in [3.63, 3.8) is 0 Å². The second-order valence-corrected chi connectivity index (χ2v) is 8.97. The van der Waals surface area contributed by atoms with Gasteiger partial charge < -0.3 is 24.5 Å². The van der Waals surface area contributed by atoms with Crippen LogP contribution in [0.2, 0.25) is 0 Å². The van der Waals surface area contributed by atoms with Gasteiger partial charge in [0.1, 0.15) is 24.0 Å². The van der Waals surface area contributed by atoms with Crippen LogP contribution in [0.15, 0.2) is 55.0 Å². The number of pyridine rings is 1. The molecule has 1 aliphatic carbocycles. The van der Waals surface area contributed by atoms with Crippen LogP contribution in [0, 0.1) is 0 Å². The predicted molar refractivity (Wildman–Crippen MR) is 132 cm³/mol. The van der Waals surface area contributed by atoms with Crippen molar-refractivity contribution in [2.24, 2.45) is 5.73 Å². The van der Waals surface area contributed by atoms with E-state index in [0.717, 1.165) is 24.1 Å². The maximum Gasteiger partial charge on any atom is 0.325 e. The number of carbonyl (C=O) groups excluding carboxylic acids is 2. The lowest BCUT2D eigenvalue weighted by Crippen LogP contribution is -2.53. The number of esters is 1. The van der Waals surface area contributed by atoms with Gasteiger partial charge in [-0.15, -0.1) is 0 Å². The zero-order chi connectivity index (χ0) is 24.3. The van der Waals surface area contributed by atoms with Gasteiger partial charge in [0.15, 0.2) is 0 Å². The molecule has 9 heteroatoms. The first-order valence-corrected chi connectivity index (χ1v) is 11.6. The van der Waals surface area contributed by atoms with Crippen LogP contribution in [0.25, 0.3) is 5.65 Å². The molecule has 34 heavy (non-hydrogen) atoms. The molecule has 2 aromatic heterocycles. The number of hydrogen-bond acceptors (Lipinski definition) is 6. The largest absolute Gasteiger partial charge is 0.496 e. The van der Waals surface area contributed by atoms with Gasteiger partial charge in [-0.05, 0) is 43.0 Å². The summed E-state index contributed by atoms with van der Waals surface area (Å²) in [6, 6.07) is 10.7. The molecule has 4 rings (SSSR count). The quantitative estimate of drug-likeness (QED) is 0.410. The maximum atomic E-state index is 13.0. The molecule has 0 saturated heterocycles. The van der Waals surface area contributed by atoms with Gasteiger partial charge in [-0.2, -0.15) is 0 Å². The lowest BCUT2D eigenvalue weighted by molar-refractivity contribution is -0.153. The highest BCUT2D eigenvalue weighted by Crippen LogP contribution is 2.42. The van der Waals surface area contributed by atoms with Crippen molar-refractivity contribution in [3.8, 4) is 5.75 Å². The third kappa shape index (κ3) is 4.35. The summed E-state index contributed by atoms with van der Waals surface area (Å²) in [5.41, 5.74) is 7.61. The van der Waals surface area contributed by atoms with E-state index in [4.69, 9.17) is 27.4 Å². The van der Waals surface area contributed by atoms with Gasteiger partial charge in [0, 0.05) is 25.6 Å². The van der Waals surface area contributed by atoms with E-state index in [9.17, 15) is 9.59 Å². The summed E-state index contributed by atoms with van der Waals surface area (Å²) in [7, 11) is 3.06. The van der Waals surface area contributed by atoms with Gasteiger partial charge >= 0.3 is 5.97 Å². The van der Waals surface area contributed by atoms with E-state index in [-0.39, 0.29) is 12.5 Å². The van der Waals surface area contributed by atoms with E-state index < -0.39 is 17.5 Å². The number of para-hydroxylation sites is 1. The number of aromatic nitrogens is 2. The summed E-state index contributed by atoms with van der Waals surface area (Å²) >= 11 is 5.55. The van der Waals surface area contributed by atoms with E-state index in [0.29, 0.717) is 29.1 Å². The normalized spacial score (nSPS) is 20.0. The Labute approximate surface area is 203 Å². The van der Waals surface area contributed by atoms with Gasteiger partial charge in [0.05, 0.1) is 23.1 Å². The summed E-state index contributed by atoms with van der Waals surface area (Å²) in [5, 5.41) is 0. The van der Waals surface area contributed by atoms with Crippen LogP contribution in [0.1, 0.15) is 41.6 Å². The van der Waals surface area contributed by atoms with Crippen molar-refractivity contribution in [3.05, 3.63) is 66.1 Å².